The molecule has 0 saturated carbocycles. The van der Waals surface area contributed by atoms with Crippen molar-refractivity contribution in [3.8, 4) is 11.3 Å². The molecule has 1 unspecified atom stereocenters. The zero-order valence-electron chi connectivity index (χ0n) is 14.0. The van der Waals surface area contributed by atoms with Crippen LogP contribution in [-0.2, 0) is 11.2 Å². The van der Waals surface area contributed by atoms with Gasteiger partial charge in [0.2, 0.25) is 5.91 Å². The third-order valence-corrected chi connectivity index (χ3v) is 3.75. The van der Waals surface area contributed by atoms with Gasteiger partial charge in [-0.15, -0.1) is 0 Å². The van der Waals surface area contributed by atoms with Crippen LogP contribution in [0.5, 0.6) is 0 Å². The molecular weight excluding hydrogens is 292 g/mol. The Morgan fingerprint density at radius 1 is 1.35 bits per heavy atom. The Morgan fingerprint density at radius 3 is 2.70 bits per heavy atom. The van der Waals surface area contributed by atoms with Crippen molar-refractivity contribution in [1.82, 2.24) is 9.88 Å². The van der Waals surface area contributed by atoms with Gasteiger partial charge in [-0.25, -0.2) is 4.98 Å². The molecule has 5 nitrogen and oxygen atoms in total. The monoisotopic (exact) mass is 316 g/mol. The lowest BCUT2D eigenvalue weighted by atomic mass is 10.1. The van der Waals surface area contributed by atoms with Gasteiger partial charge in [0, 0.05) is 32.0 Å². The standard InChI is InChI=1S/C18H24N2O3/c1-13-4-6-15(7-5-13)16-12-19-17(23-16)8-9-18(22)20(3)11-10-14(2)21/h4-7,12,14,21H,8-11H2,1-3H3. The number of aryl methyl sites for hydroxylation is 2. The maximum atomic E-state index is 12.0. The van der Waals surface area contributed by atoms with E-state index in [0.717, 1.165) is 11.3 Å². The van der Waals surface area contributed by atoms with Gasteiger partial charge in [-0.05, 0) is 20.3 Å². The Kier molecular flexibility index (Phi) is 5.93. The van der Waals surface area contributed by atoms with Crippen molar-refractivity contribution in [2.75, 3.05) is 13.6 Å². The van der Waals surface area contributed by atoms with Crippen molar-refractivity contribution in [3.63, 3.8) is 0 Å². The highest BCUT2D eigenvalue weighted by atomic mass is 16.4. The number of rotatable bonds is 7. The number of aliphatic hydroxyl groups excluding tert-OH is 1. The molecule has 0 aliphatic heterocycles. The van der Waals surface area contributed by atoms with E-state index in [0.29, 0.717) is 31.7 Å². The van der Waals surface area contributed by atoms with Gasteiger partial charge in [-0.1, -0.05) is 29.8 Å². The Bertz CT molecular complexity index is 632. The van der Waals surface area contributed by atoms with Crippen molar-refractivity contribution in [2.45, 2.75) is 39.2 Å². The second-order valence-corrected chi connectivity index (χ2v) is 5.94. The lowest BCUT2D eigenvalue weighted by Crippen LogP contribution is -2.29. The van der Waals surface area contributed by atoms with Crippen molar-refractivity contribution < 1.29 is 14.3 Å². The molecule has 1 aromatic carbocycles. The van der Waals surface area contributed by atoms with Gasteiger partial charge in [0.25, 0.3) is 0 Å². The fraction of sp³-hybridized carbons (Fsp3) is 0.444. The average Bonchev–Trinajstić information content (AvgIpc) is 2.99. The van der Waals surface area contributed by atoms with E-state index >= 15 is 0 Å². The molecule has 23 heavy (non-hydrogen) atoms. The van der Waals surface area contributed by atoms with Crippen LogP contribution in [0.3, 0.4) is 0 Å². The third kappa shape index (κ3) is 5.21. The number of aliphatic hydroxyl groups is 1. The van der Waals surface area contributed by atoms with Gasteiger partial charge >= 0.3 is 0 Å². The Morgan fingerprint density at radius 2 is 2.04 bits per heavy atom. The summed E-state index contributed by atoms with van der Waals surface area (Å²) < 4.78 is 5.72. The first-order valence-corrected chi connectivity index (χ1v) is 7.89. The molecule has 124 valence electrons. The number of carbonyl (C=O) groups is 1. The highest BCUT2D eigenvalue weighted by molar-refractivity contribution is 5.76. The first kappa shape index (κ1) is 17.2. The zero-order chi connectivity index (χ0) is 16.8. The number of amides is 1. The number of hydrogen-bond donors (Lipinski definition) is 1. The van der Waals surface area contributed by atoms with Crippen molar-refractivity contribution >= 4 is 5.91 Å². The minimum atomic E-state index is -0.394. The minimum Gasteiger partial charge on any atom is -0.441 e. The smallest absolute Gasteiger partial charge is 0.222 e. The molecule has 5 heteroatoms. The van der Waals surface area contributed by atoms with Crippen LogP contribution in [-0.4, -0.2) is 40.6 Å². The lowest BCUT2D eigenvalue weighted by Gasteiger charge is -2.17. The second kappa shape index (κ2) is 7.92. The number of benzene rings is 1. The van der Waals surface area contributed by atoms with Gasteiger partial charge < -0.3 is 14.4 Å². The van der Waals surface area contributed by atoms with Crippen molar-refractivity contribution in [2.24, 2.45) is 0 Å². The molecule has 0 spiro atoms. The highest BCUT2D eigenvalue weighted by Crippen LogP contribution is 2.21. The summed E-state index contributed by atoms with van der Waals surface area (Å²) in [6.45, 7) is 4.31. The van der Waals surface area contributed by atoms with E-state index in [2.05, 4.69) is 4.98 Å². The Labute approximate surface area is 137 Å². The molecule has 0 radical (unpaired) electrons. The number of hydrogen-bond acceptors (Lipinski definition) is 4. The molecule has 0 aliphatic rings. The quantitative estimate of drug-likeness (QED) is 0.853. The fourth-order valence-electron chi connectivity index (χ4n) is 2.19. The van der Waals surface area contributed by atoms with Crippen LogP contribution in [0.4, 0.5) is 0 Å². The summed E-state index contributed by atoms with van der Waals surface area (Å²) in [5, 5.41) is 9.26. The first-order valence-electron chi connectivity index (χ1n) is 7.89. The second-order valence-electron chi connectivity index (χ2n) is 5.94. The molecule has 2 rings (SSSR count). The van der Waals surface area contributed by atoms with E-state index in [4.69, 9.17) is 4.42 Å². The summed E-state index contributed by atoms with van der Waals surface area (Å²) >= 11 is 0. The molecule has 1 amide bonds. The van der Waals surface area contributed by atoms with Crippen LogP contribution in [0, 0.1) is 6.92 Å². The number of oxazole rings is 1. The van der Waals surface area contributed by atoms with Gasteiger partial charge in [-0.2, -0.15) is 0 Å². The molecule has 0 fully saturated rings. The largest absolute Gasteiger partial charge is 0.441 e. The molecule has 0 bridgehead atoms. The van der Waals surface area contributed by atoms with E-state index in [1.807, 2.05) is 31.2 Å². The van der Waals surface area contributed by atoms with E-state index in [1.165, 1.54) is 5.56 Å². The lowest BCUT2D eigenvalue weighted by molar-refractivity contribution is -0.130. The van der Waals surface area contributed by atoms with Crippen LogP contribution < -0.4 is 0 Å². The molecular formula is C18H24N2O3. The predicted molar refractivity (Wildman–Crippen MR) is 88.9 cm³/mol. The van der Waals surface area contributed by atoms with Gasteiger partial charge in [-0.3, -0.25) is 4.79 Å². The molecule has 1 aromatic heterocycles. The molecule has 0 aliphatic carbocycles. The predicted octanol–water partition coefficient (Wildman–Crippen LogP) is 2.81. The van der Waals surface area contributed by atoms with Gasteiger partial charge in [0.05, 0.1) is 12.3 Å². The van der Waals surface area contributed by atoms with Crippen LogP contribution in [0.2, 0.25) is 0 Å². The summed E-state index contributed by atoms with van der Waals surface area (Å²) in [4.78, 5) is 17.9. The van der Waals surface area contributed by atoms with E-state index in [1.54, 1.807) is 25.1 Å². The SMILES string of the molecule is Cc1ccc(-c2cnc(CCC(=O)N(C)CCC(C)O)o2)cc1. The highest BCUT2D eigenvalue weighted by Gasteiger charge is 2.12. The third-order valence-electron chi connectivity index (χ3n) is 3.75. The van der Waals surface area contributed by atoms with Crippen LogP contribution >= 0.6 is 0 Å². The average molecular weight is 316 g/mol. The minimum absolute atomic E-state index is 0.0285. The first-order chi connectivity index (χ1) is 11.0. The summed E-state index contributed by atoms with van der Waals surface area (Å²) in [7, 11) is 1.75. The zero-order valence-corrected chi connectivity index (χ0v) is 14.0. The maximum Gasteiger partial charge on any atom is 0.222 e. The Hall–Kier alpha value is -2.14. The Balaban J connectivity index is 1.87. The number of aromatic nitrogens is 1. The van der Waals surface area contributed by atoms with Crippen molar-refractivity contribution in [1.29, 1.82) is 0 Å². The fourth-order valence-corrected chi connectivity index (χ4v) is 2.19. The molecule has 1 N–H and O–H groups in total. The normalized spacial score (nSPS) is 12.2. The van der Waals surface area contributed by atoms with E-state index < -0.39 is 6.10 Å². The van der Waals surface area contributed by atoms with Crippen LogP contribution in [0.25, 0.3) is 11.3 Å². The van der Waals surface area contributed by atoms with Gasteiger partial charge in [0.1, 0.15) is 0 Å². The summed E-state index contributed by atoms with van der Waals surface area (Å²) in [6, 6.07) is 8.04. The summed E-state index contributed by atoms with van der Waals surface area (Å²) in [5.74, 6) is 1.31. The van der Waals surface area contributed by atoms with E-state index in [-0.39, 0.29) is 5.91 Å². The van der Waals surface area contributed by atoms with Crippen LogP contribution in [0.1, 0.15) is 31.2 Å². The van der Waals surface area contributed by atoms with E-state index in [9.17, 15) is 9.90 Å². The summed E-state index contributed by atoms with van der Waals surface area (Å²) in [6.07, 6.45) is 2.71. The topological polar surface area (TPSA) is 66.6 Å². The number of nitrogens with zero attached hydrogens (tertiary/aromatic N) is 2. The molecule has 1 atom stereocenters. The molecule has 1 heterocycles. The van der Waals surface area contributed by atoms with Gasteiger partial charge in [0.15, 0.2) is 11.7 Å². The summed E-state index contributed by atoms with van der Waals surface area (Å²) in [5.41, 5.74) is 2.18. The molecule has 0 saturated heterocycles. The maximum absolute atomic E-state index is 12.0. The number of carbonyl (C=O) groups excluding carboxylic acids is 1. The van der Waals surface area contributed by atoms with Crippen molar-refractivity contribution in [3.05, 3.63) is 41.9 Å². The molecule has 2 aromatic rings. The van der Waals surface area contributed by atoms with Crippen LogP contribution in [0.15, 0.2) is 34.9 Å².